The molecule has 0 N–H and O–H groups in total. The van der Waals surface area contributed by atoms with Gasteiger partial charge in [0.1, 0.15) is 5.88 Å². The third-order valence-electron chi connectivity index (χ3n) is 2.90. The average molecular weight is 238 g/mol. The highest BCUT2D eigenvalue weighted by molar-refractivity contribution is 6.29. The Hall–Kier alpha value is -1.02. The summed E-state index contributed by atoms with van der Waals surface area (Å²) in [7, 11) is 0. The van der Waals surface area contributed by atoms with Crippen LogP contribution < -0.4 is 4.90 Å². The molecule has 1 aromatic rings. The van der Waals surface area contributed by atoms with Crippen LogP contribution in [0.5, 0.6) is 0 Å². The number of rotatable bonds is 4. The lowest BCUT2D eigenvalue weighted by Gasteiger charge is -2.22. The third kappa shape index (κ3) is 2.76. The Balaban J connectivity index is 2.15. The maximum Gasteiger partial charge on any atom is 0.241 e. The molecule has 3 heteroatoms. The maximum absolute atomic E-state index is 11.8. The number of benzene rings is 1. The number of amides is 1. The van der Waals surface area contributed by atoms with Crippen molar-refractivity contribution in [3.8, 4) is 0 Å². The van der Waals surface area contributed by atoms with Crippen molar-refractivity contribution >= 4 is 23.2 Å². The highest BCUT2D eigenvalue weighted by Crippen LogP contribution is 2.31. The molecule has 0 saturated heterocycles. The van der Waals surface area contributed by atoms with Crippen molar-refractivity contribution in [3.05, 3.63) is 29.8 Å². The quantitative estimate of drug-likeness (QED) is 0.738. The van der Waals surface area contributed by atoms with Gasteiger partial charge in [0, 0.05) is 12.2 Å². The summed E-state index contributed by atoms with van der Waals surface area (Å²) in [4.78, 5) is 13.6. The van der Waals surface area contributed by atoms with Gasteiger partial charge in [-0.15, -0.1) is 11.6 Å². The molecule has 1 aromatic carbocycles. The van der Waals surface area contributed by atoms with Gasteiger partial charge in [-0.25, -0.2) is 0 Å². The molecular formula is C13H16ClNO. The zero-order valence-electron chi connectivity index (χ0n) is 9.45. The summed E-state index contributed by atoms with van der Waals surface area (Å²) in [5, 5.41) is 0. The van der Waals surface area contributed by atoms with Crippen molar-refractivity contribution in [1.29, 1.82) is 0 Å². The van der Waals surface area contributed by atoms with Crippen LogP contribution in [0.25, 0.3) is 0 Å². The van der Waals surface area contributed by atoms with Crippen molar-refractivity contribution in [2.24, 2.45) is 5.92 Å². The van der Waals surface area contributed by atoms with Gasteiger partial charge in [0.2, 0.25) is 5.91 Å². The summed E-state index contributed by atoms with van der Waals surface area (Å²) >= 11 is 5.64. The molecule has 0 unspecified atom stereocenters. The summed E-state index contributed by atoms with van der Waals surface area (Å²) < 4.78 is 0. The number of nitrogens with zero attached hydrogens (tertiary/aromatic N) is 1. The van der Waals surface area contributed by atoms with Gasteiger partial charge in [-0.1, -0.05) is 17.7 Å². The fraction of sp³-hybridized carbons (Fsp3) is 0.462. The van der Waals surface area contributed by atoms with Crippen LogP contribution in [-0.4, -0.2) is 18.3 Å². The Bertz CT molecular complexity index is 370. The number of aryl methyl sites for hydroxylation is 1. The minimum atomic E-state index is -0.00239. The topological polar surface area (TPSA) is 20.3 Å². The summed E-state index contributed by atoms with van der Waals surface area (Å²) in [6.07, 6.45) is 2.47. The van der Waals surface area contributed by atoms with E-state index in [0.29, 0.717) is 5.92 Å². The van der Waals surface area contributed by atoms with E-state index in [2.05, 4.69) is 0 Å². The summed E-state index contributed by atoms with van der Waals surface area (Å²) in [5.74, 6) is 0.728. The molecule has 0 spiro atoms. The average Bonchev–Trinajstić information content (AvgIpc) is 3.10. The molecule has 0 atom stereocenters. The van der Waals surface area contributed by atoms with Crippen LogP contribution in [0.1, 0.15) is 18.4 Å². The van der Waals surface area contributed by atoms with Crippen molar-refractivity contribution in [2.45, 2.75) is 19.8 Å². The monoisotopic (exact) mass is 237 g/mol. The van der Waals surface area contributed by atoms with Crippen LogP contribution in [0, 0.1) is 12.8 Å². The maximum atomic E-state index is 11.8. The van der Waals surface area contributed by atoms with Crippen molar-refractivity contribution in [3.63, 3.8) is 0 Å². The molecule has 2 rings (SSSR count). The van der Waals surface area contributed by atoms with Gasteiger partial charge in [-0.05, 0) is 37.8 Å². The predicted octanol–water partition coefficient (Wildman–Crippen LogP) is 2.98. The van der Waals surface area contributed by atoms with Crippen molar-refractivity contribution < 1.29 is 4.79 Å². The lowest BCUT2D eigenvalue weighted by atomic mass is 10.2. The molecule has 0 bridgehead atoms. The molecule has 0 aromatic heterocycles. The number of hydrogen-bond donors (Lipinski definition) is 0. The third-order valence-corrected chi connectivity index (χ3v) is 3.13. The molecule has 1 fully saturated rings. The lowest BCUT2D eigenvalue weighted by molar-refractivity contribution is -0.116. The first-order chi connectivity index (χ1) is 7.70. The normalized spacial score (nSPS) is 14.9. The Morgan fingerprint density at radius 2 is 2.00 bits per heavy atom. The first-order valence-electron chi connectivity index (χ1n) is 5.63. The van der Waals surface area contributed by atoms with E-state index in [1.165, 1.54) is 18.4 Å². The molecule has 86 valence electrons. The molecule has 0 radical (unpaired) electrons. The summed E-state index contributed by atoms with van der Waals surface area (Å²) in [6, 6.07) is 8.03. The lowest BCUT2D eigenvalue weighted by Crippen LogP contribution is -2.33. The van der Waals surface area contributed by atoms with Crippen molar-refractivity contribution in [1.82, 2.24) is 0 Å². The van der Waals surface area contributed by atoms with Crippen LogP contribution in [-0.2, 0) is 4.79 Å². The van der Waals surface area contributed by atoms with E-state index < -0.39 is 0 Å². The van der Waals surface area contributed by atoms with E-state index in [0.717, 1.165) is 12.2 Å². The Labute approximate surface area is 101 Å². The molecule has 0 heterocycles. The minimum absolute atomic E-state index is 0.00239. The smallest absolute Gasteiger partial charge is 0.241 e. The van der Waals surface area contributed by atoms with Crippen LogP contribution in [0.2, 0.25) is 0 Å². The fourth-order valence-corrected chi connectivity index (χ4v) is 1.85. The summed E-state index contributed by atoms with van der Waals surface area (Å²) in [5.41, 5.74) is 2.16. The van der Waals surface area contributed by atoms with E-state index in [1.54, 1.807) is 0 Å². The zero-order valence-corrected chi connectivity index (χ0v) is 10.2. The fourth-order valence-electron chi connectivity index (χ4n) is 1.71. The molecule has 1 aliphatic rings. The number of anilines is 1. The molecule has 1 aliphatic carbocycles. The second-order valence-corrected chi connectivity index (χ2v) is 4.68. The number of hydrogen-bond acceptors (Lipinski definition) is 1. The number of carbonyl (C=O) groups is 1. The number of carbonyl (C=O) groups excluding carboxylic acids is 1. The van der Waals surface area contributed by atoms with E-state index >= 15 is 0 Å². The zero-order chi connectivity index (χ0) is 11.5. The van der Waals surface area contributed by atoms with Gasteiger partial charge in [0.05, 0.1) is 0 Å². The second-order valence-electron chi connectivity index (χ2n) is 4.42. The Kier molecular flexibility index (Phi) is 3.49. The predicted molar refractivity (Wildman–Crippen MR) is 67.0 cm³/mol. The van der Waals surface area contributed by atoms with Crippen LogP contribution >= 0.6 is 11.6 Å². The first kappa shape index (κ1) is 11.5. The Morgan fingerprint density at radius 3 is 2.50 bits per heavy atom. The van der Waals surface area contributed by atoms with Crippen LogP contribution in [0.3, 0.4) is 0 Å². The molecule has 16 heavy (non-hydrogen) atoms. The van der Waals surface area contributed by atoms with E-state index in [4.69, 9.17) is 11.6 Å². The molecule has 2 nitrogen and oxygen atoms in total. The molecule has 0 aliphatic heterocycles. The SMILES string of the molecule is Cc1ccc(N(CC2CC2)C(=O)CCl)cc1. The van der Waals surface area contributed by atoms with Gasteiger partial charge < -0.3 is 4.90 Å². The van der Waals surface area contributed by atoms with Crippen LogP contribution in [0.15, 0.2) is 24.3 Å². The van der Waals surface area contributed by atoms with Crippen LogP contribution in [0.4, 0.5) is 5.69 Å². The summed E-state index contributed by atoms with van der Waals surface area (Å²) in [6.45, 7) is 2.85. The standard InChI is InChI=1S/C13H16ClNO/c1-10-2-6-12(7-3-10)15(13(16)8-14)9-11-4-5-11/h2-3,6-7,11H,4-5,8-9H2,1H3. The first-order valence-corrected chi connectivity index (χ1v) is 6.17. The van der Waals surface area contributed by atoms with Gasteiger partial charge >= 0.3 is 0 Å². The Morgan fingerprint density at radius 1 is 1.38 bits per heavy atom. The molecular weight excluding hydrogens is 222 g/mol. The van der Waals surface area contributed by atoms with Crippen molar-refractivity contribution in [2.75, 3.05) is 17.3 Å². The van der Waals surface area contributed by atoms with E-state index in [9.17, 15) is 4.79 Å². The van der Waals surface area contributed by atoms with Gasteiger partial charge in [-0.3, -0.25) is 4.79 Å². The highest BCUT2D eigenvalue weighted by atomic mass is 35.5. The molecule has 1 saturated carbocycles. The highest BCUT2D eigenvalue weighted by Gasteiger charge is 2.27. The van der Waals surface area contributed by atoms with Gasteiger partial charge in [-0.2, -0.15) is 0 Å². The number of halogens is 1. The van der Waals surface area contributed by atoms with Gasteiger partial charge in [0.25, 0.3) is 0 Å². The van der Waals surface area contributed by atoms with E-state index in [-0.39, 0.29) is 11.8 Å². The minimum Gasteiger partial charge on any atom is -0.311 e. The number of alkyl halides is 1. The van der Waals surface area contributed by atoms with E-state index in [1.807, 2.05) is 36.1 Å². The second kappa shape index (κ2) is 4.88. The molecule has 1 amide bonds. The largest absolute Gasteiger partial charge is 0.311 e. The van der Waals surface area contributed by atoms with Gasteiger partial charge in [0.15, 0.2) is 0 Å².